The van der Waals surface area contributed by atoms with Gasteiger partial charge in [0.05, 0.1) is 6.10 Å². The first-order chi connectivity index (χ1) is 7.95. The fourth-order valence-electron chi connectivity index (χ4n) is 3.38. The maximum atomic E-state index is 12.8. The molecule has 0 N–H and O–H groups in total. The van der Waals surface area contributed by atoms with E-state index in [4.69, 9.17) is 4.74 Å². The van der Waals surface area contributed by atoms with Crippen molar-refractivity contribution in [1.29, 1.82) is 0 Å². The summed E-state index contributed by atoms with van der Waals surface area (Å²) >= 11 is 0. The van der Waals surface area contributed by atoms with Crippen LogP contribution < -0.4 is 0 Å². The van der Waals surface area contributed by atoms with Gasteiger partial charge in [-0.2, -0.15) is 8.42 Å². The Morgan fingerprint density at radius 1 is 1.29 bits per heavy atom. The molecule has 0 aromatic heterocycles. The van der Waals surface area contributed by atoms with Crippen molar-refractivity contribution in [1.82, 2.24) is 0 Å². The maximum absolute atomic E-state index is 12.8. The molecule has 2 aliphatic rings. The van der Waals surface area contributed by atoms with Crippen LogP contribution in [0.15, 0.2) is 0 Å². The third kappa shape index (κ3) is 2.99. The fourth-order valence-corrected chi connectivity index (χ4v) is 4.19. The third-order valence-corrected chi connectivity index (χ3v) is 5.33. The summed E-state index contributed by atoms with van der Waals surface area (Å²) in [6, 6.07) is 0. The van der Waals surface area contributed by atoms with E-state index in [0.29, 0.717) is 6.61 Å². The molecule has 1 aliphatic carbocycles. The number of hydrogen-bond donors (Lipinski definition) is 0. The molecule has 17 heavy (non-hydrogen) atoms. The molecule has 1 aliphatic heterocycles. The van der Waals surface area contributed by atoms with Gasteiger partial charge in [-0.1, -0.05) is 13.3 Å². The lowest BCUT2D eigenvalue weighted by atomic mass is 9.66. The number of halogens is 1. The van der Waals surface area contributed by atoms with Gasteiger partial charge in [-0.3, -0.25) is 0 Å². The third-order valence-electron chi connectivity index (χ3n) is 4.63. The lowest BCUT2D eigenvalue weighted by Gasteiger charge is -2.39. The van der Waals surface area contributed by atoms with E-state index in [0.717, 1.165) is 38.0 Å². The molecule has 0 bridgehead atoms. The van der Waals surface area contributed by atoms with E-state index in [1.807, 2.05) is 0 Å². The van der Waals surface area contributed by atoms with Gasteiger partial charge < -0.3 is 4.74 Å². The van der Waals surface area contributed by atoms with E-state index in [1.165, 1.54) is 6.42 Å². The molecule has 1 spiro atoms. The lowest BCUT2D eigenvalue weighted by Crippen LogP contribution is -2.38. The van der Waals surface area contributed by atoms with E-state index < -0.39 is 22.1 Å². The van der Waals surface area contributed by atoms with Crippen molar-refractivity contribution < 1.29 is 17.0 Å². The molecule has 0 amide bonds. The molecule has 2 rings (SSSR count). The minimum atomic E-state index is -4.43. The average molecular weight is 264 g/mol. The summed E-state index contributed by atoms with van der Waals surface area (Å²) in [6.45, 7) is 2.77. The first kappa shape index (κ1) is 13.3. The Hall–Kier alpha value is -0.160. The highest BCUT2D eigenvalue weighted by molar-refractivity contribution is 7.86. The molecule has 2 fully saturated rings. The molecule has 100 valence electrons. The largest absolute Gasteiger partial charge is 0.376 e. The topological polar surface area (TPSA) is 43.4 Å². The van der Waals surface area contributed by atoms with Crippen LogP contribution in [0.25, 0.3) is 0 Å². The minimum absolute atomic E-state index is 0.0647. The molecule has 1 saturated carbocycles. The maximum Gasteiger partial charge on any atom is 0.304 e. The molecular formula is C12H21FO3S. The second kappa shape index (κ2) is 4.84. The van der Waals surface area contributed by atoms with E-state index in [9.17, 15) is 12.3 Å². The van der Waals surface area contributed by atoms with Gasteiger partial charge in [0.25, 0.3) is 0 Å². The highest BCUT2D eigenvalue weighted by Crippen LogP contribution is 2.49. The Morgan fingerprint density at radius 2 is 1.94 bits per heavy atom. The van der Waals surface area contributed by atoms with Gasteiger partial charge in [-0.25, -0.2) is 0 Å². The van der Waals surface area contributed by atoms with Gasteiger partial charge in [-0.05, 0) is 43.4 Å². The van der Waals surface area contributed by atoms with Gasteiger partial charge in [0, 0.05) is 6.61 Å². The predicted octanol–water partition coefficient (Wildman–Crippen LogP) is 2.66. The zero-order valence-corrected chi connectivity index (χ0v) is 11.1. The minimum Gasteiger partial charge on any atom is -0.376 e. The number of rotatable bonds is 3. The smallest absolute Gasteiger partial charge is 0.304 e. The van der Waals surface area contributed by atoms with E-state index >= 15 is 0 Å². The van der Waals surface area contributed by atoms with Crippen molar-refractivity contribution >= 4 is 10.2 Å². The molecular weight excluding hydrogens is 243 g/mol. The second-order valence-corrected chi connectivity index (χ2v) is 6.94. The van der Waals surface area contributed by atoms with Gasteiger partial charge >= 0.3 is 10.2 Å². The van der Waals surface area contributed by atoms with Crippen LogP contribution in [0.4, 0.5) is 3.89 Å². The van der Waals surface area contributed by atoms with Crippen molar-refractivity contribution in [3.63, 3.8) is 0 Å². The number of ether oxygens (including phenoxy) is 1. The van der Waals surface area contributed by atoms with Crippen LogP contribution in [0.2, 0.25) is 0 Å². The lowest BCUT2D eigenvalue weighted by molar-refractivity contribution is 0.0334. The summed E-state index contributed by atoms with van der Waals surface area (Å²) in [7, 11) is -4.43. The first-order valence-corrected chi connectivity index (χ1v) is 8.04. The Bertz CT molecular complexity index is 358. The van der Waals surface area contributed by atoms with Gasteiger partial charge in [0.2, 0.25) is 0 Å². The molecule has 1 unspecified atom stereocenters. The quantitative estimate of drug-likeness (QED) is 0.736. The van der Waals surface area contributed by atoms with Gasteiger partial charge in [-0.15, -0.1) is 3.89 Å². The van der Waals surface area contributed by atoms with Crippen molar-refractivity contribution in [2.75, 3.05) is 12.4 Å². The first-order valence-electron chi connectivity index (χ1n) is 6.49. The second-order valence-electron chi connectivity index (χ2n) is 5.53. The van der Waals surface area contributed by atoms with Crippen molar-refractivity contribution in [3.05, 3.63) is 0 Å². The standard InChI is InChI=1S/C12H21FO3S/c1-2-10-3-5-12(6-4-10)7-8-16-11(12)9-17(13,14)15/h10-11H,2-9H2,1H3. The molecule has 0 radical (unpaired) electrons. The summed E-state index contributed by atoms with van der Waals surface area (Å²) in [5.74, 6) is 0.299. The van der Waals surface area contributed by atoms with Crippen LogP contribution in [-0.2, 0) is 15.0 Å². The molecule has 1 saturated heterocycles. The van der Waals surface area contributed by atoms with E-state index in [2.05, 4.69) is 6.92 Å². The Balaban J connectivity index is 2.04. The number of hydrogen-bond acceptors (Lipinski definition) is 3. The highest BCUT2D eigenvalue weighted by Gasteiger charge is 2.47. The molecule has 5 heteroatoms. The average Bonchev–Trinajstić information content (AvgIpc) is 2.61. The highest BCUT2D eigenvalue weighted by atomic mass is 32.3. The van der Waals surface area contributed by atoms with E-state index in [1.54, 1.807) is 0 Å². The van der Waals surface area contributed by atoms with Crippen LogP contribution in [-0.4, -0.2) is 26.9 Å². The zero-order chi connectivity index (χ0) is 12.5. The van der Waals surface area contributed by atoms with Gasteiger partial charge in [0.1, 0.15) is 5.75 Å². The predicted molar refractivity (Wildman–Crippen MR) is 63.9 cm³/mol. The van der Waals surface area contributed by atoms with Crippen molar-refractivity contribution in [2.24, 2.45) is 11.3 Å². The summed E-state index contributed by atoms with van der Waals surface area (Å²) in [5.41, 5.74) is -0.0647. The molecule has 1 atom stereocenters. The van der Waals surface area contributed by atoms with Crippen LogP contribution >= 0.6 is 0 Å². The van der Waals surface area contributed by atoms with Crippen LogP contribution in [0, 0.1) is 11.3 Å². The summed E-state index contributed by atoms with van der Waals surface area (Å²) < 4.78 is 39.9. The molecule has 1 heterocycles. The molecule has 3 nitrogen and oxygen atoms in total. The SMILES string of the molecule is CCC1CCC2(CCOC2CS(=O)(=O)F)CC1. The van der Waals surface area contributed by atoms with Crippen molar-refractivity contribution in [2.45, 2.75) is 51.6 Å². The Kier molecular flexibility index (Phi) is 3.78. The summed E-state index contributed by atoms with van der Waals surface area (Å²) in [4.78, 5) is 0. The summed E-state index contributed by atoms with van der Waals surface area (Å²) in [6.07, 6.45) is 5.89. The molecule has 0 aromatic carbocycles. The van der Waals surface area contributed by atoms with Crippen LogP contribution in [0.5, 0.6) is 0 Å². The normalized spacial score (nSPS) is 38.7. The van der Waals surface area contributed by atoms with Crippen molar-refractivity contribution in [3.8, 4) is 0 Å². The summed E-state index contributed by atoms with van der Waals surface area (Å²) in [5, 5.41) is 0. The monoisotopic (exact) mass is 264 g/mol. The zero-order valence-electron chi connectivity index (χ0n) is 10.3. The van der Waals surface area contributed by atoms with E-state index in [-0.39, 0.29) is 5.41 Å². The van der Waals surface area contributed by atoms with Gasteiger partial charge in [0.15, 0.2) is 0 Å². The molecule has 0 aromatic rings. The Labute approximate surface area is 103 Å². The Morgan fingerprint density at radius 3 is 2.47 bits per heavy atom. The fraction of sp³-hybridized carbons (Fsp3) is 1.00. The van der Waals surface area contributed by atoms with Crippen LogP contribution in [0.1, 0.15) is 45.4 Å². The van der Waals surface area contributed by atoms with Crippen LogP contribution in [0.3, 0.4) is 0 Å².